The van der Waals surface area contributed by atoms with Crippen LogP contribution in [0.3, 0.4) is 0 Å². The van der Waals surface area contributed by atoms with E-state index in [0.717, 1.165) is 16.1 Å². The molecule has 0 radical (unpaired) electrons. The zero-order chi connectivity index (χ0) is 19.9. The van der Waals surface area contributed by atoms with Crippen molar-refractivity contribution in [3.63, 3.8) is 0 Å². The van der Waals surface area contributed by atoms with E-state index >= 15 is 0 Å². The van der Waals surface area contributed by atoms with Crippen LogP contribution in [0.4, 0.5) is 5.69 Å². The summed E-state index contributed by atoms with van der Waals surface area (Å²) < 4.78 is 0. The zero-order valence-corrected chi connectivity index (χ0v) is 16.8. The molecule has 0 saturated carbocycles. The van der Waals surface area contributed by atoms with Gasteiger partial charge in [-0.05, 0) is 54.3 Å². The summed E-state index contributed by atoms with van der Waals surface area (Å²) >= 11 is 7.70. The lowest BCUT2D eigenvalue weighted by Crippen LogP contribution is -2.23. The lowest BCUT2D eigenvalue weighted by molar-refractivity contribution is 0.0950. The predicted octanol–water partition coefficient (Wildman–Crippen LogP) is 5.24. The highest BCUT2D eigenvalue weighted by molar-refractivity contribution is 7.98. The van der Waals surface area contributed by atoms with Crippen molar-refractivity contribution >= 4 is 40.9 Å². The van der Waals surface area contributed by atoms with Crippen LogP contribution in [0, 0.1) is 0 Å². The van der Waals surface area contributed by atoms with Gasteiger partial charge in [0.15, 0.2) is 0 Å². The number of rotatable bonds is 6. The molecule has 6 heteroatoms. The Hall–Kier alpha value is -2.76. The molecule has 0 fully saturated rings. The third-order valence-corrected chi connectivity index (χ3v) is 5.15. The average Bonchev–Trinajstić information content (AvgIpc) is 2.73. The van der Waals surface area contributed by atoms with Crippen LogP contribution in [-0.4, -0.2) is 18.1 Å². The first-order valence-electron chi connectivity index (χ1n) is 8.64. The van der Waals surface area contributed by atoms with Crippen LogP contribution in [0.1, 0.15) is 26.3 Å². The third-order valence-electron chi connectivity index (χ3n) is 4.09. The van der Waals surface area contributed by atoms with Gasteiger partial charge in [-0.25, -0.2) is 0 Å². The monoisotopic (exact) mass is 410 g/mol. The molecule has 0 aliphatic rings. The lowest BCUT2D eigenvalue weighted by atomic mass is 10.1. The standard InChI is InChI=1S/C22H19ClN2O2S/c1-28-18-10-11-20(23)19(13-18)22(27)24-14-15-6-5-7-16(12-15)21(26)25-17-8-3-2-4-9-17/h2-13H,14H2,1H3,(H,24,27)(H,25,26). The summed E-state index contributed by atoms with van der Waals surface area (Å²) in [6.45, 7) is 0.297. The van der Waals surface area contributed by atoms with Crippen LogP contribution < -0.4 is 10.6 Å². The number of anilines is 1. The number of thioether (sulfide) groups is 1. The van der Waals surface area contributed by atoms with Gasteiger partial charge in [-0.1, -0.05) is 41.9 Å². The van der Waals surface area contributed by atoms with Gasteiger partial charge in [0.25, 0.3) is 11.8 Å². The summed E-state index contributed by atoms with van der Waals surface area (Å²) in [5, 5.41) is 6.12. The van der Waals surface area contributed by atoms with Crippen molar-refractivity contribution in [1.29, 1.82) is 0 Å². The van der Waals surface area contributed by atoms with Crippen LogP contribution in [0.15, 0.2) is 77.7 Å². The number of para-hydroxylation sites is 1. The van der Waals surface area contributed by atoms with E-state index < -0.39 is 0 Å². The maximum atomic E-state index is 12.5. The van der Waals surface area contributed by atoms with Gasteiger partial charge in [0, 0.05) is 22.7 Å². The van der Waals surface area contributed by atoms with E-state index in [1.54, 1.807) is 42.1 Å². The molecule has 0 saturated heterocycles. The van der Waals surface area contributed by atoms with Crippen LogP contribution in [0.5, 0.6) is 0 Å². The van der Waals surface area contributed by atoms with Crippen LogP contribution in [0.25, 0.3) is 0 Å². The summed E-state index contributed by atoms with van der Waals surface area (Å²) in [6, 6.07) is 21.8. The topological polar surface area (TPSA) is 58.2 Å². The molecule has 0 aliphatic carbocycles. The number of halogens is 1. The number of carbonyl (C=O) groups excluding carboxylic acids is 2. The fourth-order valence-corrected chi connectivity index (χ4v) is 3.27. The van der Waals surface area contributed by atoms with Crippen molar-refractivity contribution in [1.82, 2.24) is 5.32 Å². The summed E-state index contributed by atoms with van der Waals surface area (Å²) in [6.07, 6.45) is 1.94. The molecular weight excluding hydrogens is 392 g/mol. The predicted molar refractivity (Wildman–Crippen MR) is 115 cm³/mol. The molecule has 4 nitrogen and oxygen atoms in total. The van der Waals surface area contributed by atoms with E-state index in [1.165, 1.54) is 0 Å². The van der Waals surface area contributed by atoms with Gasteiger partial charge in [-0.3, -0.25) is 9.59 Å². The van der Waals surface area contributed by atoms with Crippen molar-refractivity contribution < 1.29 is 9.59 Å². The Bertz CT molecular complexity index is 993. The second-order valence-electron chi connectivity index (χ2n) is 6.05. The molecular formula is C22H19ClN2O2S. The maximum Gasteiger partial charge on any atom is 0.255 e. The zero-order valence-electron chi connectivity index (χ0n) is 15.2. The minimum atomic E-state index is -0.250. The minimum absolute atomic E-state index is 0.199. The van der Waals surface area contributed by atoms with Crippen molar-refractivity contribution in [3.8, 4) is 0 Å². The molecule has 0 atom stereocenters. The number of hydrogen-bond donors (Lipinski definition) is 2. The summed E-state index contributed by atoms with van der Waals surface area (Å²) in [5.41, 5.74) is 2.52. The molecule has 3 aromatic rings. The van der Waals surface area contributed by atoms with Crippen molar-refractivity contribution in [2.24, 2.45) is 0 Å². The van der Waals surface area contributed by atoms with Gasteiger partial charge < -0.3 is 10.6 Å². The highest BCUT2D eigenvalue weighted by Crippen LogP contribution is 2.23. The fraction of sp³-hybridized carbons (Fsp3) is 0.0909. The molecule has 28 heavy (non-hydrogen) atoms. The van der Waals surface area contributed by atoms with E-state index in [9.17, 15) is 9.59 Å². The lowest BCUT2D eigenvalue weighted by Gasteiger charge is -2.10. The first-order valence-corrected chi connectivity index (χ1v) is 10.2. The highest BCUT2D eigenvalue weighted by atomic mass is 35.5. The maximum absolute atomic E-state index is 12.5. The van der Waals surface area contributed by atoms with Crippen molar-refractivity contribution in [3.05, 3.63) is 94.5 Å². The second kappa shape index (κ2) is 9.44. The Morgan fingerprint density at radius 3 is 2.46 bits per heavy atom. The largest absolute Gasteiger partial charge is 0.348 e. The minimum Gasteiger partial charge on any atom is -0.348 e. The molecule has 0 heterocycles. The van der Waals surface area contributed by atoms with Crippen LogP contribution >= 0.6 is 23.4 Å². The highest BCUT2D eigenvalue weighted by Gasteiger charge is 2.12. The molecule has 0 aliphatic heterocycles. The summed E-state index contributed by atoms with van der Waals surface area (Å²) in [4.78, 5) is 25.9. The van der Waals surface area contributed by atoms with Crippen molar-refractivity contribution in [2.45, 2.75) is 11.4 Å². The molecule has 0 spiro atoms. The van der Waals surface area contributed by atoms with E-state index in [0.29, 0.717) is 22.7 Å². The molecule has 0 aromatic heterocycles. The van der Waals surface area contributed by atoms with E-state index in [2.05, 4.69) is 10.6 Å². The number of hydrogen-bond acceptors (Lipinski definition) is 3. The van der Waals surface area contributed by atoms with E-state index in [-0.39, 0.29) is 11.8 Å². The fourth-order valence-electron chi connectivity index (χ4n) is 2.63. The van der Waals surface area contributed by atoms with Gasteiger partial charge >= 0.3 is 0 Å². The Labute approximate surface area is 173 Å². The number of amides is 2. The van der Waals surface area contributed by atoms with E-state index in [4.69, 9.17) is 11.6 Å². The third kappa shape index (κ3) is 5.15. The first kappa shape index (κ1) is 20.0. The Kier molecular flexibility index (Phi) is 6.74. The second-order valence-corrected chi connectivity index (χ2v) is 7.34. The van der Waals surface area contributed by atoms with Crippen molar-refractivity contribution in [2.75, 3.05) is 11.6 Å². The number of carbonyl (C=O) groups is 2. The Balaban J connectivity index is 1.66. The number of nitrogens with one attached hydrogen (secondary N) is 2. The smallest absolute Gasteiger partial charge is 0.255 e. The average molecular weight is 411 g/mol. The molecule has 0 bridgehead atoms. The number of benzene rings is 3. The molecule has 142 valence electrons. The molecule has 3 rings (SSSR count). The molecule has 2 N–H and O–H groups in total. The summed E-state index contributed by atoms with van der Waals surface area (Å²) in [5.74, 6) is -0.449. The van der Waals surface area contributed by atoms with E-state index in [1.807, 2.05) is 48.7 Å². The molecule has 2 amide bonds. The summed E-state index contributed by atoms with van der Waals surface area (Å²) in [7, 11) is 0. The van der Waals surface area contributed by atoms with Gasteiger partial charge in [-0.15, -0.1) is 11.8 Å². The van der Waals surface area contributed by atoms with Gasteiger partial charge in [0.05, 0.1) is 10.6 Å². The Morgan fingerprint density at radius 1 is 0.929 bits per heavy atom. The Morgan fingerprint density at radius 2 is 1.71 bits per heavy atom. The van der Waals surface area contributed by atoms with Gasteiger partial charge in [0.2, 0.25) is 0 Å². The molecule has 3 aromatic carbocycles. The normalized spacial score (nSPS) is 10.4. The molecule has 0 unspecified atom stereocenters. The van der Waals surface area contributed by atoms with Gasteiger partial charge in [0.1, 0.15) is 0 Å². The SMILES string of the molecule is CSc1ccc(Cl)c(C(=O)NCc2cccc(C(=O)Nc3ccccc3)c2)c1. The quantitative estimate of drug-likeness (QED) is 0.546. The van der Waals surface area contributed by atoms with Crippen LogP contribution in [-0.2, 0) is 6.54 Å². The van der Waals surface area contributed by atoms with Gasteiger partial charge in [-0.2, -0.15) is 0 Å². The first-order chi connectivity index (χ1) is 13.6. The van der Waals surface area contributed by atoms with Crippen LogP contribution in [0.2, 0.25) is 5.02 Å².